The van der Waals surface area contributed by atoms with E-state index in [9.17, 15) is 4.79 Å². The number of hydrogen-bond donors (Lipinski definition) is 0. The summed E-state index contributed by atoms with van der Waals surface area (Å²) >= 11 is 1.43. The number of carbonyl (C=O) groups is 1. The van der Waals surface area contributed by atoms with Crippen LogP contribution in [0.25, 0.3) is 6.08 Å². The first-order chi connectivity index (χ1) is 15.2. The third-order valence-electron chi connectivity index (χ3n) is 5.58. The summed E-state index contributed by atoms with van der Waals surface area (Å²) in [6.45, 7) is 1.09. The molecule has 31 heavy (non-hydrogen) atoms. The smallest absolute Gasteiger partial charge is 0.286 e. The van der Waals surface area contributed by atoms with E-state index in [4.69, 9.17) is 0 Å². The third-order valence-corrected chi connectivity index (χ3v) is 6.55. The number of rotatable bonds is 3. The standard InChI is InChI=1S/C26H23N3OS/c1-28-16-8-9-20-17-19(14-15-23(20)28)18-24-25(30)27-26(31-24)29(21-10-4-2-5-11-21)22-12-6-3-7-13-22/h2-7,10-15,17-18H,8-9,16H2,1H3. The van der Waals surface area contributed by atoms with Crippen molar-refractivity contribution in [3.63, 3.8) is 0 Å². The zero-order valence-electron chi connectivity index (χ0n) is 17.4. The Morgan fingerprint density at radius 2 is 1.65 bits per heavy atom. The summed E-state index contributed by atoms with van der Waals surface area (Å²) in [5, 5.41) is 0.673. The molecule has 0 N–H and O–H groups in total. The highest BCUT2D eigenvalue weighted by atomic mass is 32.2. The van der Waals surface area contributed by atoms with Gasteiger partial charge in [-0.25, -0.2) is 0 Å². The third kappa shape index (κ3) is 4.01. The van der Waals surface area contributed by atoms with Crippen LogP contribution < -0.4 is 9.80 Å². The monoisotopic (exact) mass is 425 g/mol. The number of amidine groups is 1. The molecule has 0 fully saturated rings. The van der Waals surface area contributed by atoms with Crippen molar-refractivity contribution in [2.75, 3.05) is 23.4 Å². The fourth-order valence-electron chi connectivity index (χ4n) is 4.06. The summed E-state index contributed by atoms with van der Waals surface area (Å²) in [5.41, 5.74) is 5.63. The number of benzene rings is 3. The Labute approximate surface area is 186 Å². The van der Waals surface area contributed by atoms with Crippen LogP contribution in [-0.4, -0.2) is 24.7 Å². The SMILES string of the molecule is CN1CCCc2cc(C=C3SC(N(c4ccccc4)c4ccccc4)=NC3=O)ccc21. The molecule has 154 valence electrons. The maximum Gasteiger partial charge on any atom is 0.286 e. The van der Waals surface area contributed by atoms with Crippen LogP contribution in [0.1, 0.15) is 17.5 Å². The molecule has 1 amide bonds. The molecule has 4 nitrogen and oxygen atoms in total. The summed E-state index contributed by atoms with van der Waals surface area (Å²) < 4.78 is 0. The van der Waals surface area contributed by atoms with Crippen LogP contribution in [0.5, 0.6) is 0 Å². The highest BCUT2D eigenvalue weighted by molar-refractivity contribution is 8.18. The molecule has 2 aliphatic rings. The summed E-state index contributed by atoms with van der Waals surface area (Å²) in [5.74, 6) is -0.188. The Morgan fingerprint density at radius 1 is 0.968 bits per heavy atom. The van der Waals surface area contributed by atoms with Crippen LogP contribution in [0.4, 0.5) is 17.1 Å². The number of aryl methyl sites for hydroxylation is 1. The van der Waals surface area contributed by atoms with Gasteiger partial charge in [-0.05, 0) is 78.2 Å². The number of carbonyl (C=O) groups excluding carboxylic acids is 1. The number of amides is 1. The predicted octanol–water partition coefficient (Wildman–Crippen LogP) is 5.88. The van der Waals surface area contributed by atoms with E-state index in [1.54, 1.807) is 0 Å². The molecule has 3 aromatic rings. The number of hydrogen-bond acceptors (Lipinski definition) is 4. The van der Waals surface area contributed by atoms with Gasteiger partial charge in [0, 0.05) is 30.7 Å². The van der Waals surface area contributed by atoms with Gasteiger partial charge in [0.05, 0.1) is 4.91 Å². The van der Waals surface area contributed by atoms with Crippen molar-refractivity contribution in [1.82, 2.24) is 0 Å². The molecule has 2 heterocycles. The molecule has 0 bridgehead atoms. The lowest BCUT2D eigenvalue weighted by atomic mass is 9.99. The second-order valence-corrected chi connectivity index (χ2v) is 8.74. The van der Waals surface area contributed by atoms with Gasteiger partial charge < -0.3 is 4.90 Å². The molecule has 0 unspecified atom stereocenters. The minimum Gasteiger partial charge on any atom is -0.374 e. The molecule has 3 aromatic carbocycles. The Hall–Kier alpha value is -3.31. The average molecular weight is 426 g/mol. The number of para-hydroxylation sites is 2. The van der Waals surface area contributed by atoms with E-state index in [-0.39, 0.29) is 5.91 Å². The van der Waals surface area contributed by atoms with Crippen LogP contribution in [0.3, 0.4) is 0 Å². The Morgan fingerprint density at radius 3 is 2.32 bits per heavy atom. The lowest BCUT2D eigenvalue weighted by molar-refractivity contribution is -0.113. The average Bonchev–Trinajstić information content (AvgIpc) is 3.15. The minimum absolute atomic E-state index is 0.188. The quantitative estimate of drug-likeness (QED) is 0.491. The van der Waals surface area contributed by atoms with Gasteiger partial charge in [-0.15, -0.1) is 0 Å². The first-order valence-electron chi connectivity index (χ1n) is 10.5. The van der Waals surface area contributed by atoms with E-state index in [0.717, 1.165) is 36.3 Å². The number of thioether (sulfide) groups is 1. The molecule has 0 saturated heterocycles. The van der Waals surface area contributed by atoms with Gasteiger partial charge in [0.15, 0.2) is 5.17 Å². The zero-order chi connectivity index (χ0) is 21.2. The van der Waals surface area contributed by atoms with E-state index in [1.807, 2.05) is 71.6 Å². The van der Waals surface area contributed by atoms with Crippen molar-refractivity contribution in [2.24, 2.45) is 4.99 Å². The van der Waals surface area contributed by atoms with Crippen molar-refractivity contribution >= 4 is 46.0 Å². The van der Waals surface area contributed by atoms with E-state index in [0.29, 0.717) is 10.1 Å². The van der Waals surface area contributed by atoms with Gasteiger partial charge in [0.25, 0.3) is 5.91 Å². The Bertz CT molecular complexity index is 1130. The molecule has 0 saturated carbocycles. The van der Waals surface area contributed by atoms with Crippen LogP contribution in [0, 0.1) is 0 Å². The second-order valence-electron chi connectivity index (χ2n) is 7.73. The van der Waals surface area contributed by atoms with Gasteiger partial charge in [-0.3, -0.25) is 9.69 Å². The topological polar surface area (TPSA) is 35.9 Å². The van der Waals surface area contributed by atoms with Crippen molar-refractivity contribution in [3.8, 4) is 0 Å². The lowest BCUT2D eigenvalue weighted by Crippen LogP contribution is -2.24. The molecular weight excluding hydrogens is 402 g/mol. The molecule has 5 heteroatoms. The first-order valence-corrected chi connectivity index (χ1v) is 11.3. The summed E-state index contributed by atoms with van der Waals surface area (Å²) in [7, 11) is 2.13. The highest BCUT2D eigenvalue weighted by Crippen LogP contribution is 2.37. The predicted molar refractivity (Wildman–Crippen MR) is 131 cm³/mol. The number of aliphatic imine (C=N–C) groups is 1. The van der Waals surface area contributed by atoms with Crippen molar-refractivity contribution in [3.05, 3.63) is 94.9 Å². The molecule has 0 radical (unpaired) electrons. The number of fused-ring (bicyclic) bond motifs is 1. The largest absolute Gasteiger partial charge is 0.374 e. The maximum absolute atomic E-state index is 12.8. The van der Waals surface area contributed by atoms with E-state index < -0.39 is 0 Å². The minimum atomic E-state index is -0.188. The number of anilines is 3. The molecule has 0 aromatic heterocycles. The van der Waals surface area contributed by atoms with Gasteiger partial charge in [0.1, 0.15) is 0 Å². The maximum atomic E-state index is 12.8. The van der Waals surface area contributed by atoms with Crippen molar-refractivity contribution in [1.29, 1.82) is 0 Å². The van der Waals surface area contributed by atoms with E-state index >= 15 is 0 Å². The van der Waals surface area contributed by atoms with E-state index in [2.05, 4.69) is 35.1 Å². The molecule has 0 spiro atoms. The molecule has 5 rings (SSSR count). The fourth-order valence-corrected chi connectivity index (χ4v) is 5.02. The highest BCUT2D eigenvalue weighted by Gasteiger charge is 2.28. The van der Waals surface area contributed by atoms with Crippen LogP contribution >= 0.6 is 11.8 Å². The van der Waals surface area contributed by atoms with Crippen molar-refractivity contribution in [2.45, 2.75) is 12.8 Å². The zero-order valence-corrected chi connectivity index (χ0v) is 18.2. The number of nitrogens with zero attached hydrogens (tertiary/aromatic N) is 3. The lowest BCUT2D eigenvalue weighted by Gasteiger charge is -2.27. The van der Waals surface area contributed by atoms with Gasteiger partial charge in [-0.1, -0.05) is 42.5 Å². The second kappa shape index (κ2) is 8.44. The van der Waals surface area contributed by atoms with Crippen LogP contribution in [-0.2, 0) is 11.2 Å². The summed E-state index contributed by atoms with van der Waals surface area (Å²) in [6.07, 6.45) is 4.20. The first kappa shape index (κ1) is 19.6. The molecular formula is C26H23N3OS. The summed E-state index contributed by atoms with van der Waals surface area (Å²) in [4.78, 5) is 22.2. The van der Waals surface area contributed by atoms with Crippen LogP contribution in [0.2, 0.25) is 0 Å². The van der Waals surface area contributed by atoms with E-state index in [1.165, 1.54) is 23.0 Å². The molecule has 0 atom stereocenters. The summed E-state index contributed by atoms with van der Waals surface area (Å²) in [6, 6.07) is 26.5. The molecule has 0 aliphatic carbocycles. The van der Waals surface area contributed by atoms with Crippen molar-refractivity contribution < 1.29 is 4.79 Å². The van der Waals surface area contributed by atoms with Gasteiger partial charge in [-0.2, -0.15) is 4.99 Å². The Balaban J connectivity index is 1.46. The molecule has 2 aliphatic heterocycles. The van der Waals surface area contributed by atoms with Gasteiger partial charge >= 0.3 is 0 Å². The fraction of sp³-hybridized carbons (Fsp3) is 0.154. The van der Waals surface area contributed by atoms with Crippen LogP contribution in [0.15, 0.2) is 88.8 Å². The Kier molecular flexibility index (Phi) is 5.35. The normalized spacial score (nSPS) is 16.9. The van der Waals surface area contributed by atoms with Gasteiger partial charge in [0.2, 0.25) is 0 Å².